The van der Waals surface area contributed by atoms with Crippen molar-refractivity contribution in [1.29, 1.82) is 0 Å². The van der Waals surface area contributed by atoms with Crippen molar-refractivity contribution in [1.82, 2.24) is 9.88 Å². The maximum absolute atomic E-state index is 13.4. The van der Waals surface area contributed by atoms with Gasteiger partial charge in [-0.25, -0.2) is 13.8 Å². The SMILES string of the molecule is COc1nccc2c1C1(O)C(O)C(CN(C)C)C(c3ccccc3)C1(c1ccc(C(F)F)cc1)O2. The molecule has 6 nitrogen and oxygen atoms in total. The lowest BCUT2D eigenvalue weighted by Gasteiger charge is -2.41. The number of aliphatic hydroxyl groups excluding tert-OH is 1. The fraction of sp³-hybridized carbons (Fsp3) is 0.370. The Morgan fingerprint density at radius 1 is 1.09 bits per heavy atom. The molecular weight excluding hydrogens is 454 g/mol. The van der Waals surface area contributed by atoms with Crippen LogP contribution < -0.4 is 9.47 Å². The van der Waals surface area contributed by atoms with Gasteiger partial charge in [0.1, 0.15) is 5.75 Å². The maximum Gasteiger partial charge on any atom is 0.263 e. The molecule has 2 heterocycles. The summed E-state index contributed by atoms with van der Waals surface area (Å²) in [5.74, 6) is -0.515. The molecule has 5 unspecified atom stereocenters. The second kappa shape index (κ2) is 8.55. The first-order valence-electron chi connectivity index (χ1n) is 11.5. The molecule has 1 aromatic heterocycles. The van der Waals surface area contributed by atoms with E-state index >= 15 is 0 Å². The Kier molecular flexibility index (Phi) is 5.78. The summed E-state index contributed by atoms with van der Waals surface area (Å²) >= 11 is 0. The number of fused-ring (bicyclic) bond motifs is 3. The first-order chi connectivity index (χ1) is 16.8. The Morgan fingerprint density at radius 2 is 1.77 bits per heavy atom. The Morgan fingerprint density at radius 3 is 2.37 bits per heavy atom. The molecule has 1 aliphatic carbocycles. The second-order valence-electron chi connectivity index (χ2n) is 9.48. The van der Waals surface area contributed by atoms with Gasteiger partial charge in [0.2, 0.25) is 5.88 Å². The van der Waals surface area contributed by atoms with Crippen LogP contribution in [0.4, 0.5) is 8.78 Å². The smallest absolute Gasteiger partial charge is 0.263 e. The highest BCUT2D eigenvalue weighted by molar-refractivity contribution is 5.58. The molecule has 1 aliphatic heterocycles. The standard InChI is InChI=1S/C27H28F2N2O4/c1-31(2)15-19-21(16-7-5-4-6-8-16)27(18-11-9-17(10-12-18)24(28)29)26(33,23(19)32)22-20(35-27)13-14-30-25(22)34-3/h4-14,19,21,23-24,32-33H,15H2,1-3H3. The third-order valence-electron chi connectivity index (χ3n) is 7.32. The van der Waals surface area contributed by atoms with E-state index in [0.717, 1.165) is 5.56 Å². The molecule has 0 saturated heterocycles. The van der Waals surface area contributed by atoms with Crippen molar-refractivity contribution in [2.24, 2.45) is 5.92 Å². The summed E-state index contributed by atoms with van der Waals surface area (Å²) in [4.78, 5) is 6.22. The van der Waals surface area contributed by atoms with Crippen LogP contribution in [-0.4, -0.2) is 54.0 Å². The minimum atomic E-state index is -2.63. The number of hydrogen-bond acceptors (Lipinski definition) is 6. The van der Waals surface area contributed by atoms with Gasteiger partial charge in [-0.2, -0.15) is 0 Å². The second-order valence-corrected chi connectivity index (χ2v) is 9.48. The van der Waals surface area contributed by atoms with E-state index in [1.165, 1.54) is 25.4 Å². The predicted octanol–water partition coefficient (Wildman–Crippen LogP) is 3.84. The van der Waals surface area contributed by atoms with E-state index in [9.17, 15) is 19.0 Å². The first kappa shape index (κ1) is 23.7. The van der Waals surface area contributed by atoms with Crippen molar-refractivity contribution in [2.45, 2.75) is 29.6 Å². The van der Waals surface area contributed by atoms with Crippen molar-refractivity contribution < 1.29 is 28.5 Å². The van der Waals surface area contributed by atoms with Crippen molar-refractivity contribution in [2.75, 3.05) is 27.7 Å². The van der Waals surface area contributed by atoms with Crippen LogP contribution in [0.25, 0.3) is 0 Å². The highest BCUT2D eigenvalue weighted by Crippen LogP contribution is 2.69. The van der Waals surface area contributed by atoms with Crippen LogP contribution in [0.5, 0.6) is 11.6 Å². The maximum atomic E-state index is 13.4. The fourth-order valence-corrected chi connectivity index (χ4v) is 6.02. The quantitative estimate of drug-likeness (QED) is 0.556. The monoisotopic (exact) mass is 482 g/mol. The molecule has 2 aliphatic rings. The van der Waals surface area contributed by atoms with Crippen LogP contribution in [-0.2, 0) is 11.2 Å². The normalized spacial score (nSPS) is 29.2. The number of ether oxygens (including phenoxy) is 2. The predicted molar refractivity (Wildman–Crippen MR) is 126 cm³/mol. The summed E-state index contributed by atoms with van der Waals surface area (Å²) in [6, 6.07) is 17.0. The summed E-state index contributed by atoms with van der Waals surface area (Å²) in [7, 11) is 5.23. The van der Waals surface area contributed by atoms with Gasteiger partial charge in [-0.3, -0.25) is 0 Å². The molecule has 3 aromatic rings. The van der Waals surface area contributed by atoms with Crippen LogP contribution in [0.3, 0.4) is 0 Å². The third kappa shape index (κ3) is 3.27. The number of benzene rings is 2. The summed E-state index contributed by atoms with van der Waals surface area (Å²) in [6.45, 7) is 0.446. The Hall–Kier alpha value is -3.07. The number of nitrogens with zero attached hydrogens (tertiary/aromatic N) is 2. The lowest BCUT2D eigenvalue weighted by molar-refractivity contribution is -0.152. The number of pyridine rings is 1. The molecule has 5 rings (SSSR count). The molecule has 0 amide bonds. The van der Waals surface area contributed by atoms with Gasteiger partial charge in [0.25, 0.3) is 6.43 Å². The van der Waals surface area contributed by atoms with Gasteiger partial charge in [0.05, 0.1) is 18.8 Å². The summed E-state index contributed by atoms with van der Waals surface area (Å²) in [5.41, 5.74) is -2.02. The molecule has 0 radical (unpaired) electrons. The minimum absolute atomic E-state index is 0.136. The molecule has 2 aromatic carbocycles. The van der Waals surface area contributed by atoms with E-state index in [2.05, 4.69) is 4.98 Å². The zero-order valence-electron chi connectivity index (χ0n) is 19.7. The number of halogens is 2. The molecule has 8 heteroatoms. The summed E-state index contributed by atoms with van der Waals surface area (Å²) < 4.78 is 38.9. The molecule has 0 spiro atoms. The highest BCUT2D eigenvalue weighted by Gasteiger charge is 2.76. The largest absolute Gasteiger partial charge is 0.481 e. The molecule has 184 valence electrons. The van der Waals surface area contributed by atoms with Crippen molar-refractivity contribution >= 4 is 0 Å². The summed E-state index contributed by atoms with van der Waals surface area (Å²) in [5, 5.41) is 24.5. The van der Waals surface area contributed by atoms with Crippen LogP contribution in [0.1, 0.15) is 34.6 Å². The average Bonchev–Trinajstić information content (AvgIpc) is 3.23. The molecule has 5 atom stereocenters. The molecule has 35 heavy (non-hydrogen) atoms. The van der Waals surface area contributed by atoms with E-state index in [-0.39, 0.29) is 17.0 Å². The van der Waals surface area contributed by atoms with Gasteiger partial charge < -0.3 is 24.6 Å². The minimum Gasteiger partial charge on any atom is -0.481 e. The van der Waals surface area contributed by atoms with Gasteiger partial charge in [-0.1, -0.05) is 54.6 Å². The first-order valence-corrected chi connectivity index (χ1v) is 11.5. The number of aromatic nitrogens is 1. The van der Waals surface area contributed by atoms with Crippen molar-refractivity contribution in [3.8, 4) is 11.6 Å². The number of alkyl halides is 2. The molecule has 1 saturated carbocycles. The summed E-state index contributed by atoms with van der Waals surface area (Å²) in [6.07, 6.45) is -2.40. The lowest BCUT2D eigenvalue weighted by Crippen LogP contribution is -2.52. The van der Waals surface area contributed by atoms with E-state index in [1.54, 1.807) is 18.2 Å². The third-order valence-corrected chi connectivity index (χ3v) is 7.32. The van der Waals surface area contributed by atoms with Crippen LogP contribution in [0, 0.1) is 5.92 Å². The Bertz CT molecular complexity index is 1210. The Balaban J connectivity index is 1.83. The topological polar surface area (TPSA) is 75.0 Å². The number of hydrogen-bond donors (Lipinski definition) is 2. The van der Waals surface area contributed by atoms with Gasteiger partial charge in [-0.15, -0.1) is 0 Å². The van der Waals surface area contributed by atoms with Crippen LogP contribution >= 0.6 is 0 Å². The van der Waals surface area contributed by atoms with E-state index < -0.39 is 35.6 Å². The zero-order chi connectivity index (χ0) is 25.0. The average molecular weight is 483 g/mol. The van der Waals surface area contributed by atoms with E-state index in [1.807, 2.05) is 49.3 Å². The van der Waals surface area contributed by atoms with Gasteiger partial charge >= 0.3 is 0 Å². The van der Waals surface area contributed by atoms with Crippen LogP contribution in [0.2, 0.25) is 0 Å². The van der Waals surface area contributed by atoms with Crippen molar-refractivity contribution in [3.05, 3.63) is 89.1 Å². The van der Waals surface area contributed by atoms with Gasteiger partial charge in [-0.05, 0) is 31.3 Å². The molecule has 1 fully saturated rings. The van der Waals surface area contributed by atoms with Gasteiger partial charge in [0.15, 0.2) is 11.2 Å². The van der Waals surface area contributed by atoms with Gasteiger partial charge in [0, 0.05) is 30.1 Å². The van der Waals surface area contributed by atoms with E-state index in [0.29, 0.717) is 17.9 Å². The van der Waals surface area contributed by atoms with E-state index in [4.69, 9.17) is 9.47 Å². The lowest BCUT2D eigenvalue weighted by atomic mass is 9.70. The van der Waals surface area contributed by atoms with Crippen LogP contribution in [0.15, 0.2) is 66.9 Å². The molecule has 2 N–H and O–H groups in total. The number of rotatable bonds is 6. The number of aliphatic hydroxyl groups is 2. The molecular formula is C27H28F2N2O4. The molecule has 0 bridgehead atoms. The number of methoxy groups -OCH3 is 1. The highest BCUT2D eigenvalue weighted by atomic mass is 19.3. The zero-order valence-corrected chi connectivity index (χ0v) is 19.7. The van der Waals surface area contributed by atoms with Crippen molar-refractivity contribution in [3.63, 3.8) is 0 Å². The fourth-order valence-electron chi connectivity index (χ4n) is 6.02. The Labute approximate surface area is 202 Å².